The van der Waals surface area contributed by atoms with Crippen LogP contribution in [0.5, 0.6) is 11.5 Å². The van der Waals surface area contributed by atoms with Gasteiger partial charge in [-0.2, -0.15) is 0 Å². The largest absolute Gasteiger partial charge is 0.457 e. The predicted octanol–water partition coefficient (Wildman–Crippen LogP) is 14.3. The van der Waals surface area contributed by atoms with Crippen LogP contribution in [-0.2, 0) is 5.41 Å². The summed E-state index contributed by atoms with van der Waals surface area (Å²) in [7, 11) is 0. The second-order valence-corrected chi connectivity index (χ2v) is 15.9. The van der Waals surface area contributed by atoms with E-state index >= 15 is 0 Å². The Morgan fingerprint density at radius 2 is 0.645 bits per heavy atom. The molecule has 0 atom stereocenters. The van der Waals surface area contributed by atoms with Crippen molar-refractivity contribution in [2.75, 3.05) is 0 Å². The van der Waals surface area contributed by atoms with E-state index in [4.69, 9.17) is 19.7 Å². The molecular weight excluding hydrogens is 755 g/mol. The van der Waals surface area contributed by atoms with Crippen LogP contribution in [-0.4, -0.2) is 15.0 Å². The normalized spacial score (nSPS) is 12.8. The molecule has 0 saturated carbocycles. The molecule has 0 amide bonds. The van der Waals surface area contributed by atoms with Crippen LogP contribution in [0.4, 0.5) is 0 Å². The molecule has 1 aliphatic heterocycles. The molecule has 2 heterocycles. The molecule has 4 heteroatoms. The summed E-state index contributed by atoms with van der Waals surface area (Å²) >= 11 is 0. The van der Waals surface area contributed by atoms with E-state index in [0.29, 0.717) is 17.5 Å². The van der Waals surface area contributed by atoms with Gasteiger partial charge in [-0.15, -0.1) is 0 Å². The summed E-state index contributed by atoms with van der Waals surface area (Å²) < 4.78 is 6.73. The minimum Gasteiger partial charge on any atom is -0.457 e. The molecule has 2 aliphatic rings. The third-order valence-corrected chi connectivity index (χ3v) is 12.4. The molecule has 0 radical (unpaired) electrons. The number of para-hydroxylation sites is 1. The fraction of sp³-hybridized carbons (Fsp3) is 0.0172. The molecule has 0 N–H and O–H groups in total. The van der Waals surface area contributed by atoms with Gasteiger partial charge in [-0.25, -0.2) is 15.0 Å². The van der Waals surface area contributed by atoms with Crippen LogP contribution in [0.3, 0.4) is 0 Å². The summed E-state index contributed by atoms with van der Waals surface area (Å²) in [6, 6.07) is 79.1. The topological polar surface area (TPSA) is 47.9 Å². The summed E-state index contributed by atoms with van der Waals surface area (Å²) in [5.74, 6) is 3.58. The van der Waals surface area contributed by atoms with Crippen molar-refractivity contribution in [1.29, 1.82) is 0 Å². The lowest BCUT2D eigenvalue weighted by molar-refractivity contribution is 0.436. The number of nitrogens with zero attached hydrogens (tertiary/aromatic N) is 3. The first-order chi connectivity index (χ1) is 30.7. The number of ether oxygens (including phenoxy) is 1. The van der Waals surface area contributed by atoms with Crippen LogP contribution in [0.15, 0.2) is 224 Å². The zero-order valence-electron chi connectivity index (χ0n) is 33.6. The number of fused-ring (bicyclic) bond motifs is 9. The van der Waals surface area contributed by atoms with E-state index < -0.39 is 5.41 Å². The fourth-order valence-corrected chi connectivity index (χ4v) is 9.52. The highest BCUT2D eigenvalue weighted by molar-refractivity contribution is 5.89. The van der Waals surface area contributed by atoms with Gasteiger partial charge in [0.25, 0.3) is 0 Å². The van der Waals surface area contributed by atoms with Crippen LogP contribution in [0.1, 0.15) is 22.3 Å². The Morgan fingerprint density at radius 1 is 0.258 bits per heavy atom. The van der Waals surface area contributed by atoms with E-state index in [-0.39, 0.29) is 0 Å². The first-order valence-corrected chi connectivity index (χ1v) is 21.0. The molecule has 0 unspecified atom stereocenters. The zero-order valence-corrected chi connectivity index (χ0v) is 33.6. The van der Waals surface area contributed by atoms with E-state index in [1.807, 2.05) is 12.1 Å². The number of aromatic nitrogens is 3. The van der Waals surface area contributed by atoms with Gasteiger partial charge in [0, 0.05) is 27.8 Å². The molecular formula is C58H37N3O. The molecule has 4 nitrogen and oxygen atoms in total. The summed E-state index contributed by atoms with van der Waals surface area (Å²) in [6.07, 6.45) is 0. The maximum atomic E-state index is 6.73. The van der Waals surface area contributed by atoms with Crippen molar-refractivity contribution in [2.45, 2.75) is 5.41 Å². The van der Waals surface area contributed by atoms with Crippen molar-refractivity contribution in [2.24, 2.45) is 0 Å². The second kappa shape index (κ2) is 14.5. The van der Waals surface area contributed by atoms with E-state index in [9.17, 15) is 0 Å². The zero-order chi connectivity index (χ0) is 41.0. The van der Waals surface area contributed by atoms with Gasteiger partial charge in [-0.05, 0) is 79.9 Å². The van der Waals surface area contributed by atoms with E-state index in [1.165, 1.54) is 22.3 Å². The predicted molar refractivity (Wildman–Crippen MR) is 250 cm³/mol. The fourth-order valence-electron chi connectivity index (χ4n) is 9.52. The molecule has 290 valence electrons. The van der Waals surface area contributed by atoms with Gasteiger partial charge < -0.3 is 4.74 Å². The van der Waals surface area contributed by atoms with Gasteiger partial charge in [-0.3, -0.25) is 0 Å². The van der Waals surface area contributed by atoms with Gasteiger partial charge >= 0.3 is 0 Å². The van der Waals surface area contributed by atoms with Gasteiger partial charge in [0.05, 0.1) is 5.41 Å². The summed E-state index contributed by atoms with van der Waals surface area (Å²) in [5, 5.41) is 0. The van der Waals surface area contributed by atoms with Crippen LogP contribution in [0.25, 0.3) is 78.7 Å². The smallest absolute Gasteiger partial charge is 0.164 e. The number of hydrogen-bond donors (Lipinski definition) is 0. The summed E-state index contributed by atoms with van der Waals surface area (Å²) in [6.45, 7) is 0. The molecule has 10 aromatic rings. The standard InChI is InChI=1S/C58H37N3O/c1-3-14-38(15-4-1)40-26-30-42(31-27-40)55-59-56(43-32-28-41(29-33-43)39-16-5-2-6-17-39)61-57(60-55)46-19-13-18-44(36-46)45-34-35-54-52(37-45)58(51-24-11-12-25-53(51)62-54)49-22-9-7-20-47(49)48-21-8-10-23-50(48)58/h1-37H. The average molecular weight is 792 g/mol. The van der Waals surface area contributed by atoms with Crippen molar-refractivity contribution in [1.82, 2.24) is 15.0 Å². The van der Waals surface area contributed by atoms with Crippen molar-refractivity contribution in [3.63, 3.8) is 0 Å². The Kier molecular flexibility index (Phi) is 8.36. The van der Waals surface area contributed by atoms with Crippen LogP contribution < -0.4 is 4.74 Å². The average Bonchev–Trinajstić information content (AvgIpc) is 3.65. The lowest BCUT2D eigenvalue weighted by Gasteiger charge is -2.39. The quantitative estimate of drug-likeness (QED) is 0.168. The lowest BCUT2D eigenvalue weighted by atomic mass is 9.66. The summed E-state index contributed by atoms with van der Waals surface area (Å²) in [5.41, 5.74) is 16.2. The summed E-state index contributed by atoms with van der Waals surface area (Å²) in [4.78, 5) is 15.4. The SMILES string of the molecule is c1ccc(-c2ccc(-c3nc(-c4ccc(-c5ccccc5)cc4)nc(-c4cccc(-c5ccc6c(c5)C5(c7ccccc7O6)c6ccccc6-c6ccccc65)c4)n3)cc2)cc1. The van der Waals surface area contributed by atoms with Crippen molar-refractivity contribution in [3.05, 3.63) is 247 Å². The van der Waals surface area contributed by atoms with Crippen LogP contribution >= 0.6 is 0 Å². The van der Waals surface area contributed by atoms with Crippen LogP contribution in [0, 0.1) is 0 Å². The van der Waals surface area contributed by atoms with Crippen molar-refractivity contribution < 1.29 is 4.74 Å². The minimum atomic E-state index is -0.547. The second-order valence-electron chi connectivity index (χ2n) is 15.9. The highest BCUT2D eigenvalue weighted by Crippen LogP contribution is 2.62. The molecule has 1 aromatic heterocycles. The highest BCUT2D eigenvalue weighted by atomic mass is 16.5. The maximum Gasteiger partial charge on any atom is 0.164 e. The third-order valence-electron chi connectivity index (χ3n) is 12.4. The van der Waals surface area contributed by atoms with Crippen molar-refractivity contribution >= 4 is 0 Å². The van der Waals surface area contributed by atoms with E-state index in [0.717, 1.165) is 72.7 Å². The Morgan fingerprint density at radius 3 is 1.23 bits per heavy atom. The molecule has 0 saturated heterocycles. The first kappa shape index (κ1) is 35.7. The monoisotopic (exact) mass is 791 g/mol. The Hall–Kier alpha value is -8.21. The maximum absolute atomic E-state index is 6.73. The molecule has 62 heavy (non-hydrogen) atoms. The van der Waals surface area contributed by atoms with E-state index in [2.05, 4.69) is 212 Å². The number of rotatable bonds is 6. The molecule has 12 rings (SSSR count). The van der Waals surface area contributed by atoms with Crippen LogP contribution in [0.2, 0.25) is 0 Å². The molecule has 1 spiro atoms. The number of benzene rings is 9. The third kappa shape index (κ3) is 5.80. The lowest BCUT2D eigenvalue weighted by Crippen LogP contribution is -2.32. The van der Waals surface area contributed by atoms with E-state index in [1.54, 1.807) is 0 Å². The van der Waals surface area contributed by atoms with Gasteiger partial charge in [0.15, 0.2) is 17.5 Å². The molecule has 0 fully saturated rings. The highest BCUT2D eigenvalue weighted by Gasteiger charge is 2.51. The molecule has 0 bridgehead atoms. The van der Waals surface area contributed by atoms with Gasteiger partial charge in [-0.1, -0.05) is 200 Å². The van der Waals surface area contributed by atoms with Gasteiger partial charge in [0.2, 0.25) is 0 Å². The Labute approximate surface area is 360 Å². The van der Waals surface area contributed by atoms with Crippen molar-refractivity contribution in [3.8, 4) is 90.2 Å². The Balaban J connectivity index is 0.986. The van der Waals surface area contributed by atoms with Gasteiger partial charge in [0.1, 0.15) is 11.5 Å². The molecule has 1 aliphatic carbocycles. The Bertz CT molecular complexity index is 3160. The minimum absolute atomic E-state index is 0.547. The number of hydrogen-bond acceptors (Lipinski definition) is 4. The first-order valence-electron chi connectivity index (χ1n) is 21.0. The molecule has 9 aromatic carbocycles.